The van der Waals surface area contributed by atoms with Crippen molar-refractivity contribution in [3.05, 3.63) is 59.7 Å². The zero-order valence-corrected chi connectivity index (χ0v) is 13.4. The van der Waals surface area contributed by atoms with Gasteiger partial charge in [-0.2, -0.15) is 0 Å². The Morgan fingerprint density at radius 2 is 1.64 bits per heavy atom. The van der Waals surface area contributed by atoms with Gasteiger partial charge in [0, 0.05) is 12.6 Å². The van der Waals surface area contributed by atoms with Crippen LogP contribution in [0.15, 0.2) is 47.4 Å². The minimum absolute atomic E-state index is 0.0664. The highest BCUT2D eigenvalue weighted by atomic mass is 32.2. The summed E-state index contributed by atoms with van der Waals surface area (Å²) in [7, 11) is -3.82. The standard InChI is InChI=1S/C15H13F2N3O4S/c16-10-3-6-13(12(17)7-10)20-15(22)14(21)19-8-9-1-4-11(5-2-9)25(18,23)24/h1-7H,8H2,(H,19,21)(H,20,22)(H2,18,23,24). The molecule has 132 valence electrons. The maximum absolute atomic E-state index is 13.4. The van der Waals surface area contributed by atoms with Crippen LogP contribution in [-0.4, -0.2) is 20.2 Å². The molecule has 2 amide bonds. The number of halogens is 2. The Kier molecular flexibility index (Phi) is 5.45. The highest BCUT2D eigenvalue weighted by Gasteiger charge is 2.16. The molecule has 0 saturated heterocycles. The molecule has 2 aromatic carbocycles. The predicted octanol–water partition coefficient (Wildman–Crippen LogP) is 0.867. The molecule has 0 aliphatic heterocycles. The molecule has 0 bridgehead atoms. The summed E-state index contributed by atoms with van der Waals surface area (Å²) in [6, 6.07) is 7.83. The molecule has 25 heavy (non-hydrogen) atoms. The predicted molar refractivity (Wildman–Crippen MR) is 84.6 cm³/mol. The number of hydrogen-bond donors (Lipinski definition) is 3. The van der Waals surface area contributed by atoms with Gasteiger partial charge in [-0.1, -0.05) is 12.1 Å². The van der Waals surface area contributed by atoms with Gasteiger partial charge in [0.05, 0.1) is 10.6 Å². The number of primary sulfonamides is 1. The largest absolute Gasteiger partial charge is 0.344 e. The maximum atomic E-state index is 13.4. The summed E-state index contributed by atoms with van der Waals surface area (Å²) in [6.45, 7) is -0.0664. The molecule has 0 aliphatic rings. The fraction of sp³-hybridized carbons (Fsp3) is 0.0667. The van der Waals surface area contributed by atoms with Crippen LogP contribution in [0.25, 0.3) is 0 Å². The zero-order chi connectivity index (χ0) is 18.6. The summed E-state index contributed by atoms with van der Waals surface area (Å²) >= 11 is 0. The number of benzene rings is 2. The van der Waals surface area contributed by atoms with Crippen molar-refractivity contribution >= 4 is 27.5 Å². The minimum atomic E-state index is -3.82. The van der Waals surface area contributed by atoms with Crippen molar-refractivity contribution in [1.29, 1.82) is 0 Å². The van der Waals surface area contributed by atoms with Gasteiger partial charge in [-0.25, -0.2) is 22.3 Å². The molecule has 4 N–H and O–H groups in total. The molecule has 7 nitrogen and oxygen atoms in total. The molecular formula is C15H13F2N3O4S. The maximum Gasteiger partial charge on any atom is 0.313 e. The van der Waals surface area contributed by atoms with Crippen LogP contribution in [-0.2, 0) is 26.2 Å². The number of amides is 2. The van der Waals surface area contributed by atoms with Crippen LogP contribution >= 0.6 is 0 Å². The molecule has 2 rings (SSSR count). The summed E-state index contributed by atoms with van der Waals surface area (Å²) in [6.07, 6.45) is 0. The van der Waals surface area contributed by atoms with Crippen LogP contribution in [0.3, 0.4) is 0 Å². The van der Waals surface area contributed by atoms with Gasteiger partial charge in [0.15, 0.2) is 0 Å². The van der Waals surface area contributed by atoms with Gasteiger partial charge >= 0.3 is 11.8 Å². The number of carbonyl (C=O) groups is 2. The summed E-state index contributed by atoms with van der Waals surface area (Å²) in [4.78, 5) is 23.3. The van der Waals surface area contributed by atoms with E-state index in [9.17, 15) is 26.8 Å². The second-order valence-corrected chi connectivity index (χ2v) is 6.51. The minimum Gasteiger partial charge on any atom is -0.344 e. The fourth-order valence-corrected chi connectivity index (χ4v) is 2.34. The Labute approximate surface area is 141 Å². The van der Waals surface area contributed by atoms with Gasteiger partial charge < -0.3 is 10.6 Å². The number of rotatable bonds is 4. The molecule has 0 aromatic heterocycles. The van der Waals surface area contributed by atoms with Crippen molar-refractivity contribution in [3.63, 3.8) is 0 Å². The topological polar surface area (TPSA) is 118 Å². The van der Waals surface area contributed by atoms with Gasteiger partial charge in [-0.15, -0.1) is 0 Å². The van der Waals surface area contributed by atoms with Crippen LogP contribution in [0.1, 0.15) is 5.56 Å². The third kappa shape index (κ3) is 5.06. The molecule has 0 aliphatic carbocycles. The molecule has 10 heteroatoms. The lowest BCUT2D eigenvalue weighted by atomic mass is 10.2. The second kappa shape index (κ2) is 7.36. The van der Waals surface area contributed by atoms with E-state index in [1.165, 1.54) is 24.3 Å². The van der Waals surface area contributed by atoms with Crippen molar-refractivity contribution in [2.75, 3.05) is 5.32 Å². The fourth-order valence-electron chi connectivity index (χ4n) is 1.83. The van der Waals surface area contributed by atoms with E-state index in [0.717, 1.165) is 12.1 Å². The van der Waals surface area contributed by atoms with E-state index in [1.807, 2.05) is 5.32 Å². The van der Waals surface area contributed by atoms with Crippen molar-refractivity contribution in [2.45, 2.75) is 11.4 Å². The number of sulfonamides is 1. The lowest BCUT2D eigenvalue weighted by molar-refractivity contribution is -0.136. The number of nitrogens with two attached hydrogens (primary N) is 1. The van der Waals surface area contributed by atoms with Gasteiger partial charge in [0.25, 0.3) is 0 Å². The highest BCUT2D eigenvalue weighted by Crippen LogP contribution is 2.14. The van der Waals surface area contributed by atoms with Gasteiger partial charge in [-0.05, 0) is 29.8 Å². The van der Waals surface area contributed by atoms with E-state index in [4.69, 9.17) is 5.14 Å². The Morgan fingerprint density at radius 1 is 1.00 bits per heavy atom. The van der Waals surface area contributed by atoms with Crippen molar-refractivity contribution in [1.82, 2.24) is 5.32 Å². The summed E-state index contributed by atoms with van der Waals surface area (Å²) in [5, 5.41) is 9.25. The molecule has 0 spiro atoms. The van der Waals surface area contributed by atoms with E-state index in [0.29, 0.717) is 11.6 Å². The summed E-state index contributed by atoms with van der Waals surface area (Å²) in [5.41, 5.74) is 0.181. The molecule has 0 fully saturated rings. The molecule has 0 saturated carbocycles. The first-order valence-corrected chi connectivity index (χ1v) is 8.37. The molecule has 0 unspecified atom stereocenters. The Morgan fingerprint density at radius 3 is 2.20 bits per heavy atom. The number of hydrogen-bond acceptors (Lipinski definition) is 4. The normalized spacial score (nSPS) is 11.0. The Hall–Kier alpha value is -2.85. The first-order chi connectivity index (χ1) is 11.7. The van der Waals surface area contributed by atoms with E-state index in [-0.39, 0.29) is 17.1 Å². The zero-order valence-electron chi connectivity index (χ0n) is 12.6. The second-order valence-electron chi connectivity index (χ2n) is 4.95. The molecule has 0 heterocycles. The summed E-state index contributed by atoms with van der Waals surface area (Å²) in [5.74, 6) is -4.01. The smallest absolute Gasteiger partial charge is 0.313 e. The Balaban J connectivity index is 1.94. The van der Waals surface area contributed by atoms with Crippen LogP contribution in [0.4, 0.5) is 14.5 Å². The number of nitrogens with one attached hydrogen (secondary N) is 2. The van der Waals surface area contributed by atoms with Crippen LogP contribution in [0.2, 0.25) is 0 Å². The monoisotopic (exact) mass is 369 g/mol. The number of carbonyl (C=O) groups excluding carboxylic acids is 2. The molecule has 2 aromatic rings. The van der Waals surface area contributed by atoms with E-state index >= 15 is 0 Å². The lowest BCUT2D eigenvalue weighted by Crippen LogP contribution is -2.35. The van der Waals surface area contributed by atoms with E-state index in [1.54, 1.807) is 0 Å². The SMILES string of the molecule is NS(=O)(=O)c1ccc(CNC(=O)C(=O)Nc2ccc(F)cc2F)cc1. The average Bonchev–Trinajstić information content (AvgIpc) is 2.54. The van der Waals surface area contributed by atoms with Crippen LogP contribution < -0.4 is 15.8 Å². The van der Waals surface area contributed by atoms with Gasteiger partial charge in [0.2, 0.25) is 10.0 Å². The summed E-state index contributed by atoms with van der Waals surface area (Å²) < 4.78 is 48.4. The first kappa shape index (κ1) is 18.5. The van der Waals surface area contributed by atoms with Crippen LogP contribution in [0, 0.1) is 11.6 Å². The third-order valence-corrected chi connectivity index (χ3v) is 4.02. The first-order valence-electron chi connectivity index (χ1n) is 6.83. The van der Waals surface area contributed by atoms with Crippen molar-refractivity contribution in [2.24, 2.45) is 5.14 Å². The van der Waals surface area contributed by atoms with E-state index < -0.39 is 33.5 Å². The molecule has 0 radical (unpaired) electrons. The highest BCUT2D eigenvalue weighted by molar-refractivity contribution is 7.89. The lowest BCUT2D eigenvalue weighted by Gasteiger charge is -2.08. The third-order valence-electron chi connectivity index (χ3n) is 3.09. The van der Waals surface area contributed by atoms with Crippen molar-refractivity contribution < 1.29 is 26.8 Å². The van der Waals surface area contributed by atoms with Crippen LogP contribution in [0.5, 0.6) is 0 Å². The molecular weight excluding hydrogens is 356 g/mol. The van der Waals surface area contributed by atoms with E-state index in [2.05, 4.69) is 5.32 Å². The average molecular weight is 369 g/mol. The quantitative estimate of drug-likeness (QED) is 0.693. The Bertz CT molecular complexity index is 915. The molecule has 0 atom stereocenters. The number of anilines is 1. The van der Waals surface area contributed by atoms with Gasteiger partial charge in [0.1, 0.15) is 11.6 Å². The van der Waals surface area contributed by atoms with Crippen molar-refractivity contribution in [3.8, 4) is 0 Å². The van der Waals surface area contributed by atoms with Gasteiger partial charge in [-0.3, -0.25) is 9.59 Å².